The van der Waals surface area contributed by atoms with Gasteiger partial charge < -0.3 is 16.0 Å². The molecule has 4 rings (SSSR count). The van der Waals surface area contributed by atoms with E-state index in [1.54, 1.807) is 18.3 Å². The van der Waals surface area contributed by atoms with E-state index in [4.69, 9.17) is 10.8 Å². The van der Waals surface area contributed by atoms with Crippen LogP contribution in [0.5, 0.6) is 0 Å². The summed E-state index contributed by atoms with van der Waals surface area (Å²) >= 11 is 0. The average Bonchev–Trinajstić information content (AvgIpc) is 3.26. The Bertz CT molecular complexity index is 1190. The molecule has 1 aliphatic rings. The van der Waals surface area contributed by atoms with Crippen LogP contribution in [0.2, 0.25) is 0 Å². The molecule has 1 amide bonds. The van der Waals surface area contributed by atoms with Crippen molar-refractivity contribution in [2.24, 2.45) is 5.73 Å². The maximum atomic E-state index is 14.1. The van der Waals surface area contributed by atoms with Crippen molar-refractivity contribution >= 4 is 40.9 Å². The molecule has 1 fully saturated rings. The highest BCUT2D eigenvalue weighted by atomic mass is 35.5. The molecule has 178 valence electrons. The van der Waals surface area contributed by atoms with Gasteiger partial charge in [0.1, 0.15) is 5.82 Å². The molecule has 9 nitrogen and oxygen atoms in total. The van der Waals surface area contributed by atoms with Gasteiger partial charge >= 0.3 is 5.92 Å². The Balaban J connectivity index is 0.00000306. The van der Waals surface area contributed by atoms with Gasteiger partial charge in [0.2, 0.25) is 11.7 Å². The van der Waals surface area contributed by atoms with Gasteiger partial charge in [-0.2, -0.15) is 8.78 Å². The number of carbonyl (C=O) groups excluding carboxylic acids is 1. The van der Waals surface area contributed by atoms with Crippen molar-refractivity contribution in [2.45, 2.75) is 52.0 Å². The highest BCUT2D eigenvalue weighted by molar-refractivity contribution is 5.95. The Kier molecular flexibility index (Phi) is 6.58. The van der Waals surface area contributed by atoms with Crippen molar-refractivity contribution in [3.63, 3.8) is 0 Å². The first kappa shape index (κ1) is 24.7. The standard InChI is InChI=1S/C21H26F2N8O.ClH/c1-5-13-8-17(28-19(27-13)21(4,22)23)31-15-9-16(26-12(2)32)25-10-14(15)18(29-31)30-7-6-20(3,24)11-30;/h8-10H,5-7,11,24H2,1-4H3,(H,25,26,32);1H. The topological polar surface area (TPSA) is 115 Å². The van der Waals surface area contributed by atoms with Crippen LogP contribution in [-0.2, 0) is 17.1 Å². The molecule has 3 aromatic heterocycles. The fourth-order valence-corrected chi connectivity index (χ4v) is 3.79. The summed E-state index contributed by atoms with van der Waals surface area (Å²) in [7, 11) is 0. The maximum Gasteiger partial charge on any atom is 0.303 e. The minimum absolute atomic E-state index is 0. The number of hydrogen-bond acceptors (Lipinski definition) is 7. The second-order valence-corrected chi connectivity index (χ2v) is 8.61. The van der Waals surface area contributed by atoms with E-state index in [9.17, 15) is 13.6 Å². The van der Waals surface area contributed by atoms with Crippen LogP contribution < -0.4 is 16.0 Å². The van der Waals surface area contributed by atoms with Crippen LogP contribution >= 0.6 is 12.4 Å². The Hall–Kier alpha value is -2.92. The molecular weight excluding hydrogens is 454 g/mol. The number of nitrogens with zero attached hydrogens (tertiary/aromatic N) is 6. The number of aryl methyl sites for hydroxylation is 1. The number of halogens is 3. The lowest BCUT2D eigenvalue weighted by atomic mass is 10.0. The van der Waals surface area contributed by atoms with E-state index < -0.39 is 11.7 Å². The van der Waals surface area contributed by atoms with Crippen molar-refractivity contribution < 1.29 is 13.6 Å². The molecule has 0 aromatic carbocycles. The predicted molar refractivity (Wildman–Crippen MR) is 124 cm³/mol. The molecule has 3 N–H and O–H groups in total. The molecule has 0 bridgehead atoms. The summed E-state index contributed by atoms with van der Waals surface area (Å²) in [6.45, 7) is 7.26. The van der Waals surface area contributed by atoms with Crippen molar-refractivity contribution in [3.8, 4) is 5.82 Å². The van der Waals surface area contributed by atoms with E-state index in [0.29, 0.717) is 47.7 Å². The number of hydrogen-bond donors (Lipinski definition) is 2. The van der Waals surface area contributed by atoms with Gasteiger partial charge in [-0.25, -0.2) is 19.6 Å². The van der Waals surface area contributed by atoms with Crippen molar-refractivity contribution in [2.75, 3.05) is 23.3 Å². The molecule has 0 spiro atoms. The molecule has 1 unspecified atom stereocenters. The number of alkyl halides is 2. The van der Waals surface area contributed by atoms with Crippen LogP contribution in [0.3, 0.4) is 0 Å². The van der Waals surface area contributed by atoms with Crippen molar-refractivity contribution in [3.05, 3.63) is 29.8 Å². The zero-order valence-electron chi connectivity index (χ0n) is 18.9. The lowest BCUT2D eigenvalue weighted by molar-refractivity contribution is -0.114. The molecule has 1 atom stereocenters. The molecule has 1 saturated heterocycles. The van der Waals surface area contributed by atoms with Gasteiger partial charge in [-0.15, -0.1) is 17.5 Å². The average molecular weight is 481 g/mol. The summed E-state index contributed by atoms with van der Waals surface area (Å²) in [5.74, 6) is -2.86. The maximum absolute atomic E-state index is 14.1. The van der Waals surface area contributed by atoms with Gasteiger partial charge in [-0.1, -0.05) is 6.92 Å². The van der Waals surface area contributed by atoms with Gasteiger partial charge in [0, 0.05) is 56.5 Å². The lowest BCUT2D eigenvalue weighted by Crippen LogP contribution is -2.39. The number of nitrogens with one attached hydrogen (secondary N) is 1. The number of fused-ring (bicyclic) bond motifs is 1. The quantitative estimate of drug-likeness (QED) is 0.576. The first-order chi connectivity index (χ1) is 15.0. The summed E-state index contributed by atoms with van der Waals surface area (Å²) in [4.78, 5) is 26.0. The van der Waals surface area contributed by atoms with Crippen LogP contribution in [0.4, 0.5) is 20.4 Å². The van der Waals surface area contributed by atoms with E-state index in [2.05, 4.69) is 25.2 Å². The number of aromatic nitrogens is 5. The lowest BCUT2D eigenvalue weighted by Gasteiger charge is -2.19. The zero-order valence-corrected chi connectivity index (χ0v) is 19.7. The van der Waals surface area contributed by atoms with Crippen LogP contribution in [0.15, 0.2) is 18.3 Å². The number of rotatable bonds is 5. The Morgan fingerprint density at radius 2 is 2.06 bits per heavy atom. The first-order valence-corrected chi connectivity index (χ1v) is 10.4. The zero-order chi connectivity index (χ0) is 23.3. The summed E-state index contributed by atoms with van der Waals surface area (Å²) < 4.78 is 29.7. The van der Waals surface area contributed by atoms with Crippen LogP contribution in [0, 0.1) is 0 Å². The highest BCUT2D eigenvalue weighted by Crippen LogP contribution is 2.33. The molecule has 12 heteroatoms. The van der Waals surface area contributed by atoms with Gasteiger partial charge in [0.05, 0.1) is 10.9 Å². The molecule has 0 radical (unpaired) electrons. The van der Waals surface area contributed by atoms with E-state index >= 15 is 0 Å². The van der Waals surface area contributed by atoms with E-state index in [1.807, 2.05) is 13.8 Å². The second kappa shape index (κ2) is 8.79. The largest absolute Gasteiger partial charge is 0.353 e. The third-order valence-electron chi connectivity index (χ3n) is 5.39. The number of carbonyl (C=O) groups is 1. The Morgan fingerprint density at radius 3 is 2.64 bits per heavy atom. The van der Waals surface area contributed by atoms with E-state index in [1.165, 1.54) is 11.6 Å². The fraction of sp³-hybridized carbons (Fsp3) is 0.476. The Morgan fingerprint density at radius 1 is 1.33 bits per heavy atom. The van der Waals surface area contributed by atoms with Gasteiger partial charge in [0.25, 0.3) is 0 Å². The summed E-state index contributed by atoms with van der Waals surface area (Å²) in [5, 5.41) is 8.08. The highest BCUT2D eigenvalue weighted by Gasteiger charge is 2.33. The van der Waals surface area contributed by atoms with Crippen LogP contribution in [0.1, 0.15) is 45.6 Å². The molecule has 33 heavy (non-hydrogen) atoms. The number of pyridine rings is 1. The SMILES string of the molecule is CCc1cc(-n2nc(N3CCC(C)(N)C3)c3cnc(NC(C)=O)cc32)nc(C(C)(F)F)n1.Cl. The third-order valence-corrected chi connectivity index (χ3v) is 5.39. The minimum atomic E-state index is -3.20. The smallest absolute Gasteiger partial charge is 0.303 e. The second-order valence-electron chi connectivity index (χ2n) is 8.61. The number of nitrogens with two attached hydrogens (primary N) is 1. The summed E-state index contributed by atoms with van der Waals surface area (Å²) in [6.07, 6.45) is 2.86. The van der Waals surface area contributed by atoms with Crippen molar-refractivity contribution in [1.82, 2.24) is 24.7 Å². The van der Waals surface area contributed by atoms with E-state index in [-0.39, 0.29) is 29.7 Å². The van der Waals surface area contributed by atoms with Gasteiger partial charge in [-0.05, 0) is 19.8 Å². The molecular formula is C21H27ClF2N8O. The van der Waals surface area contributed by atoms with Crippen LogP contribution in [-0.4, -0.2) is 49.3 Å². The normalized spacial score (nSPS) is 18.5. The molecule has 3 aromatic rings. The van der Waals surface area contributed by atoms with Crippen LogP contribution in [0.25, 0.3) is 16.7 Å². The molecule has 0 aliphatic carbocycles. The fourth-order valence-electron chi connectivity index (χ4n) is 3.79. The first-order valence-electron chi connectivity index (χ1n) is 10.4. The minimum Gasteiger partial charge on any atom is -0.353 e. The number of anilines is 2. The number of amides is 1. The predicted octanol–water partition coefficient (Wildman–Crippen LogP) is 3.19. The van der Waals surface area contributed by atoms with E-state index in [0.717, 1.165) is 13.3 Å². The van der Waals surface area contributed by atoms with Crippen molar-refractivity contribution in [1.29, 1.82) is 0 Å². The third kappa shape index (κ3) is 5.03. The summed E-state index contributed by atoms with van der Waals surface area (Å²) in [5.41, 5.74) is 7.00. The van der Waals surface area contributed by atoms with Gasteiger partial charge in [0.15, 0.2) is 11.6 Å². The molecule has 4 heterocycles. The summed E-state index contributed by atoms with van der Waals surface area (Å²) in [6, 6.07) is 3.30. The molecule has 1 aliphatic heterocycles. The Labute approximate surface area is 196 Å². The van der Waals surface area contributed by atoms with Gasteiger partial charge in [-0.3, -0.25) is 4.79 Å². The monoisotopic (exact) mass is 480 g/mol. The molecule has 0 saturated carbocycles.